The van der Waals surface area contributed by atoms with Gasteiger partial charge in [0.15, 0.2) is 0 Å². The number of aryl methyl sites for hydroxylation is 1. The molecule has 1 N–H and O–H groups in total. The number of benzene rings is 1. The largest absolute Gasteiger partial charge is 0.375 e. The summed E-state index contributed by atoms with van der Waals surface area (Å²) in [6.07, 6.45) is 3.39. The Kier molecular flexibility index (Phi) is 3.58. The first-order valence-electron chi connectivity index (χ1n) is 6.79. The molecular weight excluding hydrogens is 343 g/mol. The Hall–Kier alpha value is -0.810. The van der Waals surface area contributed by atoms with Gasteiger partial charge in [-0.25, -0.2) is 4.98 Å². The number of hydrogen-bond donors (Lipinski definition) is 1. The molecule has 0 bridgehead atoms. The standard InChI is InChI=1S/C15H12Cl2N2S2/c16-9-4-5-12-15(18-7-20-12)14(9)19-10-2-1-3-11-8(10)6-13(17)21-11/h4-7,10,19H,1-3H2. The number of aromatic nitrogens is 1. The molecule has 0 saturated carbocycles. The smallest absolute Gasteiger partial charge is 0.106 e. The SMILES string of the molecule is Clc1cc2c(s1)CCCC2Nc1c(Cl)ccc2scnc12. The van der Waals surface area contributed by atoms with Crippen molar-refractivity contribution >= 4 is 61.8 Å². The Morgan fingerprint density at radius 3 is 3.10 bits per heavy atom. The van der Waals surface area contributed by atoms with Crippen LogP contribution in [0.5, 0.6) is 0 Å². The summed E-state index contributed by atoms with van der Waals surface area (Å²) in [6.45, 7) is 0. The van der Waals surface area contributed by atoms with Gasteiger partial charge in [-0.05, 0) is 43.0 Å². The maximum Gasteiger partial charge on any atom is 0.106 e. The Bertz CT molecular complexity index is 809. The van der Waals surface area contributed by atoms with Crippen LogP contribution in [0.1, 0.15) is 29.3 Å². The van der Waals surface area contributed by atoms with Crippen molar-refractivity contribution in [2.24, 2.45) is 0 Å². The summed E-state index contributed by atoms with van der Waals surface area (Å²) in [5, 5.41) is 4.33. The number of thiazole rings is 1. The monoisotopic (exact) mass is 354 g/mol. The highest BCUT2D eigenvalue weighted by molar-refractivity contribution is 7.17. The molecule has 0 spiro atoms. The number of rotatable bonds is 2. The third-order valence-electron chi connectivity index (χ3n) is 3.85. The molecule has 4 rings (SSSR count). The summed E-state index contributed by atoms with van der Waals surface area (Å²) in [5.41, 5.74) is 5.08. The normalized spacial score (nSPS) is 17.9. The van der Waals surface area contributed by atoms with Crippen molar-refractivity contribution < 1.29 is 0 Å². The lowest BCUT2D eigenvalue weighted by Crippen LogP contribution is -2.16. The van der Waals surface area contributed by atoms with Crippen LogP contribution in [-0.2, 0) is 6.42 Å². The molecule has 0 aliphatic heterocycles. The average Bonchev–Trinajstić information content (AvgIpc) is 3.07. The fraction of sp³-hybridized carbons (Fsp3) is 0.267. The first-order chi connectivity index (χ1) is 10.2. The summed E-state index contributed by atoms with van der Waals surface area (Å²) in [6, 6.07) is 6.32. The van der Waals surface area contributed by atoms with Crippen LogP contribution in [0.25, 0.3) is 10.2 Å². The van der Waals surface area contributed by atoms with Crippen LogP contribution in [0, 0.1) is 0 Å². The second kappa shape index (κ2) is 5.43. The topological polar surface area (TPSA) is 24.9 Å². The molecule has 2 aromatic heterocycles. The minimum atomic E-state index is 0.266. The number of fused-ring (bicyclic) bond motifs is 2. The zero-order valence-corrected chi connectivity index (χ0v) is 14.2. The van der Waals surface area contributed by atoms with Crippen molar-refractivity contribution in [1.29, 1.82) is 0 Å². The maximum atomic E-state index is 6.39. The second-order valence-electron chi connectivity index (χ2n) is 5.14. The zero-order valence-electron chi connectivity index (χ0n) is 11.0. The van der Waals surface area contributed by atoms with E-state index in [-0.39, 0.29) is 6.04 Å². The van der Waals surface area contributed by atoms with Crippen molar-refractivity contribution in [2.75, 3.05) is 5.32 Å². The van der Waals surface area contributed by atoms with Gasteiger partial charge in [0, 0.05) is 4.88 Å². The van der Waals surface area contributed by atoms with Crippen molar-refractivity contribution in [3.8, 4) is 0 Å². The van der Waals surface area contributed by atoms with E-state index in [0.29, 0.717) is 0 Å². The van der Waals surface area contributed by atoms with Crippen LogP contribution in [0.15, 0.2) is 23.7 Å². The molecule has 2 nitrogen and oxygen atoms in total. The van der Waals surface area contributed by atoms with E-state index >= 15 is 0 Å². The lowest BCUT2D eigenvalue weighted by Gasteiger charge is -2.25. The highest BCUT2D eigenvalue weighted by Crippen LogP contribution is 2.41. The molecule has 1 aliphatic carbocycles. The van der Waals surface area contributed by atoms with Crippen LogP contribution in [0.3, 0.4) is 0 Å². The van der Waals surface area contributed by atoms with E-state index in [9.17, 15) is 0 Å². The third kappa shape index (κ3) is 2.44. The highest BCUT2D eigenvalue weighted by atomic mass is 35.5. The lowest BCUT2D eigenvalue weighted by molar-refractivity contribution is 0.609. The molecular formula is C15H12Cl2N2S2. The van der Waals surface area contributed by atoms with Gasteiger partial charge in [-0.15, -0.1) is 22.7 Å². The number of nitrogens with one attached hydrogen (secondary N) is 1. The van der Waals surface area contributed by atoms with Gasteiger partial charge in [-0.2, -0.15) is 0 Å². The minimum Gasteiger partial charge on any atom is -0.375 e. The molecule has 21 heavy (non-hydrogen) atoms. The van der Waals surface area contributed by atoms with Crippen LogP contribution >= 0.6 is 45.9 Å². The van der Waals surface area contributed by atoms with Gasteiger partial charge < -0.3 is 5.32 Å². The highest BCUT2D eigenvalue weighted by Gasteiger charge is 2.24. The van der Waals surface area contributed by atoms with E-state index in [4.69, 9.17) is 23.2 Å². The van der Waals surface area contributed by atoms with Gasteiger partial charge in [0.05, 0.1) is 31.3 Å². The molecule has 1 atom stereocenters. The summed E-state index contributed by atoms with van der Waals surface area (Å²) < 4.78 is 2.02. The Morgan fingerprint density at radius 2 is 2.19 bits per heavy atom. The van der Waals surface area contributed by atoms with E-state index in [1.807, 2.05) is 17.6 Å². The second-order valence-corrected chi connectivity index (χ2v) is 8.20. The molecule has 0 saturated heterocycles. The molecule has 0 amide bonds. The molecule has 2 heterocycles. The number of nitrogens with zero attached hydrogens (tertiary/aromatic N) is 1. The van der Waals surface area contributed by atoms with Crippen LogP contribution in [-0.4, -0.2) is 4.98 Å². The lowest BCUT2D eigenvalue weighted by atomic mass is 9.94. The maximum absolute atomic E-state index is 6.39. The Labute approximate surface area is 140 Å². The summed E-state index contributed by atoms with van der Waals surface area (Å²) in [5.74, 6) is 0. The van der Waals surface area contributed by atoms with Crippen molar-refractivity contribution in [3.63, 3.8) is 0 Å². The van der Waals surface area contributed by atoms with Gasteiger partial charge >= 0.3 is 0 Å². The molecule has 0 fully saturated rings. The molecule has 1 aromatic carbocycles. The van der Waals surface area contributed by atoms with Gasteiger partial charge in [-0.3, -0.25) is 0 Å². The van der Waals surface area contributed by atoms with Crippen LogP contribution in [0.4, 0.5) is 5.69 Å². The summed E-state index contributed by atoms with van der Waals surface area (Å²) in [7, 11) is 0. The van der Waals surface area contributed by atoms with Crippen molar-refractivity contribution in [1.82, 2.24) is 4.98 Å². The van der Waals surface area contributed by atoms with Crippen LogP contribution < -0.4 is 5.32 Å². The van der Waals surface area contributed by atoms with Gasteiger partial charge in [0.1, 0.15) is 5.52 Å². The molecule has 0 radical (unpaired) electrons. The minimum absolute atomic E-state index is 0.266. The van der Waals surface area contributed by atoms with Gasteiger partial charge in [0.25, 0.3) is 0 Å². The molecule has 3 aromatic rings. The van der Waals surface area contributed by atoms with E-state index in [2.05, 4.69) is 16.4 Å². The number of halogens is 2. The third-order valence-corrected chi connectivity index (χ3v) is 6.30. The fourth-order valence-corrected chi connectivity index (χ4v) is 5.16. The summed E-state index contributed by atoms with van der Waals surface area (Å²) in [4.78, 5) is 5.85. The van der Waals surface area contributed by atoms with E-state index in [1.54, 1.807) is 22.7 Å². The predicted octanol–water partition coefficient (Wildman–Crippen LogP) is 6.15. The molecule has 6 heteroatoms. The quantitative estimate of drug-likeness (QED) is 0.596. The first kappa shape index (κ1) is 13.8. The summed E-state index contributed by atoms with van der Waals surface area (Å²) >= 11 is 15.9. The molecule has 1 aliphatic rings. The predicted molar refractivity (Wildman–Crippen MR) is 93.3 cm³/mol. The molecule has 1 unspecified atom stereocenters. The van der Waals surface area contributed by atoms with Gasteiger partial charge in [-0.1, -0.05) is 23.2 Å². The Morgan fingerprint density at radius 1 is 1.29 bits per heavy atom. The van der Waals surface area contributed by atoms with Crippen molar-refractivity contribution in [2.45, 2.75) is 25.3 Å². The van der Waals surface area contributed by atoms with Crippen LogP contribution in [0.2, 0.25) is 9.36 Å². The zero-order chi connectivity index (χ0) is 14.4. The average molecular weight is 355 g/mol. The number of anilines is 1. The van der Waals surface area contributed by atoms with E-state index in [0.717, 1.165) is 38.1 Å². The molecule has 108 valence electrons. The van der Waals surface area contributed by atoms with Gasteiger partial charge in [0.2, 0.25) is 0 Å². The van der Waals surface area contributed by atoms with Crippen molar-refractivity contribution in [3.05, 3.63) is 43.5 Å². The number of thiophene rings is 1. The first-order valence-corrected chi connectivity index (χ1v) is 9.24. The van der Waals surface area contributed by atoms with E-state index in [1.165, 1.54) is 16.9 Å². The fourth-order valence-electron chi connectivity index (χ4n) is 2.89. The van der Waals surface area contributed by atoms with E-state index < -0.39 is 0 Å². The Balaban J connectivity index is 1.75. The number of hydrogen-bond acceptors (Lipinski definition) is 4.